The molecule has 3 aromatic carbocycles. The van der Waals surface area contributed by atoms with E-state index in [2.05, 4.69) is 10.2 Å². The van der Waals surface area contributed by atoms with Gasteiger partial charge in [0.1, 0.15) is 0 Å². The van der Waals surface area contributed by atoms with Crippen molar-refractivity contribution in [1.29, 1.82) is 0 Å². The SMILES string of the molecule is O=S(c1cccc2ccccc12)n1cc(C(F)F)c2c(N3CCNCC3)cccc21. The predicted molar refractivity (Wildman–Crippen MR) is 118 cm³/mol. The van der Waals surface area contributed by atoms with Gasteiger partial charge in [0.2, 0.25) is 0 Å². The van der Waals surface area contributed by atoms with E-state index in [1.165, 1.54) is 10.2 Å². The average molecular weight is 426 g/mol. The molecule has 30 heavy (non-hydrogen) atoms. The van der Waals surface area contributed by atoms with Crippen molar-refractivity contribution in [2.75, 3.05) is 31.1 Å². The summed E-state index contributed by atoms with van der Waals surface area (Å²) in [5, 5.41) is 5.60. The molecule has 7 heteroatoms. The highest BCUT2D eigenvalue weighted by atomic mass is 32.2. The fourth-order valence-electron chi connectivity index (χ4n) is 4.19. The maximum atomic E-state index is 14.0. The number of halogens is 2. The first kappa shape index (κ1) is 19.2. The molecule has 1 aliphatic heterocycles. The van der Waals surface area contributed by atoms with Gasteiger partial charge in [-0.2, -0.15) is 0 Å². The topological polar surface area (TPSA) is 37.3 Å². The van der Waals surface area contributed by atoms with Crippen LogP contribution >= 0.6 is 0 Å². The Bertz CT molecular complexity index is 1240. The van der Waals surface area contributed by atoms with E-state index in [1.807, 2.05) is 48.5 Å². The van der Waals surface area contributed by atoms with Gasteiger partial charge in [-0.05, 0) is 29.0 Å². The predicted octanol–water partition coefficient (Wildman–Crippen LogP) is 4.71. The fraction of sp³-hybridized carbons (Fsp3) is 0.217. The second kappa shape index (κ2) is 7.81. The van der Waals surface area contributed by atoms with E-state index in [-0.39, 0.29) is 5.56 Å². The number of benzene rings is 3. The smallest absolute Gasteiger partial charge is 0.266 e. The standard InChI is InChI=1S/C23H21F2N3OS/c24-23(25)18-15-28(30(29)21-10-3-6-16-5-1-2-7-17(16)21)20-9-4-8-19(22(18)20)27-13-11-26-12-14-27/h1-10,15,23,26H,11-14H2. The van der Waals surface area contributed by atoms with Crippen LogP contribution in [0.2, 0.25) is 0 Å². The highest BCUT2D eigenvalue weighted by Crippen LogP contribution is 2.38. The fourth-order valence-corrected chi connectivity index (χ4v) is 5.51. The number of piperazine rings is 1. The molecule has 2 heterocycles. The summed E-state index contributed by atoms with van der Waals surface area (Å²) >= 11 is 0. The van der Waals surface area contributed by atoms with Crippen molar-refractivity contribution < 1.29 is 13.0 Å². The number of nitrogens with zero attached hydrogens (tertiary/aromatic N) is 2. The Morgan fingerprint density at radius 3 is 2.47 bits per heavy atom. The molecule has 5 rings (SSSR count). The molecule has 4 nitrogen and oxygen atoms in total. The second-order valence-electron chi connectivity index (χ2n) is 7.35. The van der Waals surface area contributed by atoms with E-state index in [0.717, 1.165) is 42.6 Å². The van der Waals surface area contributed by atoms with Crippen molar-refractivity contribution in [2.24, 2.45) is 0 Å². The largest absolute Gasteiger partial charge is 0.368 e. The Hall–Kier alpha value is -2.77. The molecule has 0 bridgehead atoms. The zero-order valence-electron chi connectivity index (χ0n) is 16.2. The molecular weight excluding hydrogens is 404 g/mol. The molecule has 0 spiro atoms. The van der Waals surface area contributed by atoms with Crippen LogP contribution < -0.4 is 10.2 Å². The Morgan fingerprint density at radius 2 is 1.67 bits per heavy atom. The molecule has 154 valence electrons. The van der Waals surface area contributed by atoms with Gasteiger partial charge in [-0.3, -0.25) is 3.97 Å². The van der Waals surface area contributed by atoms with Gasteiger partial charge in [0.25, 0.3) is 6.43 Å². The van der Waals surface area contributed by atoms with Crippen LogP contribution in [0.25, 0.3) is 21.7 Å². The van der Waals surface area contributed by atoms with Crippen molar-refractivity contribution in [1.82, 2.24) is 9.29 Å². The van der Waals surface area contributed by atoms with E-state index in [0.29, 0.717) is 15.8 Å². The summed E-state index contributed by atoms with van der Waals surface area (Å²) in [4.78, 5) is 2.73. The number of nitrogens with one attached hydrogen (secondary N) is 1. The maximum Gasteiger partial charge on any atom is 0.266 e. The zero-order valence-corrected chi connectivity index (χ0v) is 17.0. The number of rotatable bonds is 4. The summed E-state index contributed by atoms with van der Waals surface area (Å²) in [5.41, 5.74) is 1.26. The van der Waals surface area contributed by atoms with Crippen LogP contribution in [-0.4, -0.2) is 34.4 Å². The van der Waals surface area contributed by atoms with Crippen molar-refractivity contribution in [3.05, 3.63) is 72.4 Å². The quantitative estimate of drug-likeness (QED) is 0.514. The minimum Gasteiger partial charge on any atom is -0.368 e. The van der Waals surface area contributed by atoms with Crippen molar-refractivity contribution in [3.63, 3.8) is 0 Å². The molecule has 1 N–H and O–H groups in total. The van der Waals surface area contributed by atoms with E-state index >= 15 is 0 Å². The molecule has 1 fully saturated rings. The summed E-state index contributed by atoms with van der Waals surface area (Å²) < 4.78 is 43.2. The first-order valence-corrected chi connectivity index (χ1v) is 11.0. The van der Waals surface area contributed by atoms with Gasteiger partial charge < -0.3 is 10.2 Å². The maximum absolute atomic E-state index is 14.0. The van der Waals surface area contributed by atoms with Crippen molar-refractivity contribution >= 4 is 38.3 Å². The van der Waals surface area contributed by atoms with E-state index in [9.17, 15) is 13.0 Å². The summed E-state index contributed by atoms with van der Waals surface area (Å²) in [6.07, 6.45) is -1.29. The van der Waals surface area contributed by atoms with Crippen LogP contribution in [0, 0.1) is 0 Å². The van der Waals surface area contributed by atoms with Crippen LogP contribution in [0.1, 0.15) is 12.0 Å². The number of hydrogen-bond donors (Lipinski definition) is 1. The third-order valence-electron chi connectivity index (χ3n) is 5.61. The molecule has 0 amide bonds. The van der Waals surface area contributed by atoms with Crippen molar-refractivity contribution in [2.45, 2.75) is 11.3 Å². The third kappa shape index (κ3) is 3.18. The highest BCUT2D eigenvalue weighted by molar-refractivity contribution is 7.84. The van der Waals surface area contributed by atoms with Crippen molar-refractivity contribution in [3.8, 4) is 0 Å². The first-order valence-electron chi connectivity index (χ1n) is 9.93. The molecule has 1 atom stereocenters. The monoisotopic (exact) mass is 425 g/mol. The lowest BCUT2D eigenvalue weighted by molar-refractivity contribution is 0.153. The molecule has 1 saturated heterocycles. The van der Waals surface area contributed by atoms with Crippen LogP contribution in [0.4, 0.5) is 14.5 Å². The molecule has 1 aromatic heterocycles. The average Bonchev–Trinajstić information content (AvgIpc) is 3.19. The third-order valence-corrected chi connectivity index (χ3v) is 7.00. The van der Waals surface area contributed by atoms with Gasteiger partial charge in [0, 0.05) is 49.0 Å². The van der Waals surface area contributed by atoms with E-state index in [1.54, 1.807) is 12.1 Å². The van der Waals surface area contributed by atoms with Crippen LogP contribution in [0.3, 0.4) is 0 Å². The lowest BCUT2D eigenvalue weighted by atomic mass is 10.1. The summed E-state index contributed by atoms with van der Waals surface area (Å²) in [6.45, 7) is 3.12. The normalized spacial score (nSPS) is 15.9. The molecule has 0 radical (unpaired) electrons. The zero-order chi connectivity index (χ0) is 20.7. The Labute approximate surface area is 175 Å². The molecule has 1 unspecified atom stereocenters. The van der Waals surface area contributed by atoms with Crippen LogP contribution in [0.5, 0.6) is 0 Å². The Balaban J connectivity index is 1.71. The number of alkyl halides is 2. The van der Waals surface area contributed by atoms with Gasteiger partial charge in [-0.25, -0.2) is 13.0 Å². The molecule has 1 aliphatic rings. The van der Waals surface area contributed by atoms with Crippen LogP contribution in [0.15, 0.2) is 71.8 Å². The van der Waals surface area contributed by atoms with E-state index < -0.39 is 17.4 Å². The lowest BCUT2D eigenvalue weighted by Crippen LogP contribution is -2.43. The molecule has 0 aliphatic carbocycles. The van der Waals surface area contributed by atoms with Gasteiger partial charge in [-0.15, -0.1) is 0 Å². The first-order chi connectivity index (χ1) is 14.6. The number of fused-ring (bicyclic) bond motifs is 2. The van der Waals surface area contributed by atoms with E-state index in [4.69, 9.17) is 0 Å². The number of aromatic nitrogens is 1. The van der Waals surface area contributed by atoms with Gasteiger partial charge in [0.15, 0.2) is 11.0 Å². The molecule has 4 aromatic rings. The molecule has 0 saturated carbocycles. The highest BCUT2D eigenvalue weighted by Gasteiger charge is 2.25. The van der Waals surface area contributed by atoms with Crippen LogP contribution in [-0.2, 0) is 11.0 Å². The summed E-state index contributed by atoms with van der Waals surface area (Å²) in [6, 6.07) is 18.8. The Morgan fingerprint density at radius 1 is 0.933 bits per heavy atom. The minimum atomic E-state index is -2.65. The van der Waals surface area contributed by atoms with Gasteiger partial charge in [-0.1, -0.05) is 42.5 Å². The Kier molecular flexibility index (Phi) is 5.00. The van der Waals surface area contributed by atoms with Gasteiger partial charge >= 0.3 is 0 Å². The minimum absolute atomic E-state index is 0.0762. The van der Waals surface area contributed by atoms with Gasteiger partial charge in [0.05, 0.1) is 10.4 Å². The molecular formula is C23H21F2N3OS. The lowest BCUT2D eigenvalue weighted by Gasteiger charge is -2.30. The number of hydrogen-bond acceptors (Lipinski definition) is 3. The summed E-state index contributed by atoms with van der Waals surface area (Å²) in [5.74, 6) is 0. The summed E-state index contributed by atoms with van der Waals surface area (Å²) in [7, 11) is -1.65. The number of anilines is 1. The second-order valence-corrected chi connectivity index (χ2v) is 8.68.